The van der Waals surface area contributed by atoms with E-state index in [1.165, 1.54) is 22.2 Å². The minimum Gasteiger partial charge on any atom is -0.483 e. The number of nitriles is 1. The Bertz CT molecular complexity index is 1310. The van der Waals surface area contributed by atoms with Crippen LogP contribution in [0, 0.1) is 22.7 Å². The van der Waals surface area contributed by atoms with Crippen LogP contribution in [0.3, 0.4) is 0 Å². The molecule has 0 aliphatic heterocycles. The number of rotatable bonds is 9. The highest BCUT2D eigenvalue weighted by Gasteiger charge is 2.32. The lowest BCUT2D eigenvalue weighted by atomic mass is 9.72. The molecule has 0 bridgehead atoms. The summed E-state index contributed by atoms with van der Waals surface area (Å²) in [5.74, 6) is 2.13. The van der Waals surface area contributed by atoms with Gasteiger partial charge in [0.2, 0.25) is 5.91 Å². The number of carbonyl (C=O) groups is 1. The molecule has 202 valence electrons. The highest BCUT2D eigenvalue weighted by Crippen LogP contribution is 2.44. The summed E-state index contributed by atoms with van der Waals surface area (Å²) < 4.78 is 8.10. The lowest BCUT2D eigenvalue weighted by molar-refractivity contribution is -0.113. The number of ether oxygens (including phenoxy) is 1. The second-order valence-corrected chi connectivity index (χ2v) is 12.9. The molecule has 0 radical (unpaired) electrons. The van der Waals surface area contributed by atoms with Gasteiger partial charge in [-0.25, -0.2) is 0 Å². The predicted octanol–water partition coefficient (Wildman–Crippen LogP) is 6.82. The number of thiophene rings is 1. The van der Waals surface area contributed by atoms with Crippen LogP contribution in [0.25, 0.3) is 0 Å². The summed E-state index contributed by atoms with van der Waals surface area (Å²) >= 11 is 2.91. The van der Waals surface area contributed by atoms with E-state index in [0.717, 1.165) is 42.8 Å². The molecule has 0 fully saturated rings. The summed E-state index contributed by atoms with van der Waals surface area (Å²) in [6.45, 7) is 13.6. The van der Waals surface area contributed by atoms with E-state index >= 15 is 0 Å². The lowest BCUT2D eigenvalue weighted by Crippen LogP contribution is -2.26. The first kappa shape index (κ1) is 28.2. The van der Waals surface area contributed by atoms with Gasteiger partial charge in [-0.2, -0.15) is 5.26 Å². The molecule has 1 N–H and O–H groups in total. The Morgan fingerprint density at radius 2 is 2.03 bits per heavy atom. The van der Waals surface area contributed by atoms with Crippen LogP contribution in [0.5, 0.6) is 5.75 Å². The lowest BCUT2D eigenvalue weighted by Gasteiger charge is -2.33. The zero-order chi connectivity index (χ0) is 27.4. The molecule has 9 heteroatoms. The Balaban J connectivity index is 1.40. The first-order chi connectivity index (χ1) is 18.1. The van der Waals surface area contributed by atoms with Crippen LogP contribution in [-0.4, -0.2) is 26.4 Å². The molecule has 3 aromatic rings. The van der Waals surface area contributed by atoms with Crippen LogP contribution in [0.2, 0.25) is 0 Å². The quantitative estimate of drug-likeness (QED) is 0.294. The molecule has 1 aliphatic carbocycles. The Morgan fingerprint density at radius 1 is 1.29 bits per heavy atom. The number of nitrogens with zero attached hydrogens (tertiary/aromatic N) is 4. The third-order valence-electron chi connectivity index (χ3n) is 7.26. The summed E-state index contributed by atoms with van der Waals surface area (Å²) in [6.07, 6.45) is 3.64. The van der Waals surface area contributed by atoms with Gasteiger partial charge in [0.1, 0.15) is 16.8 Å². The van der Waals surface area contributed by atoms with Gasteiger partial charge in [0, 0.05) is 11.4 Å². The van der Waals surface area contributed by atoms with Crippen LogP contribution < -0.4 is 10.1 Å². The van der Waals surface area contributed by atoms with E-state index in [9.17, 15) is 10.1 Å². The number of nitrogens with one attached hydrogen (secondary N) is 1. The van der Waals surface area contributed by atoms with Crippen molar-refractivity contribution in [2.75, 3.05) is 11.1 Å². The summed E-state index contributed by atoms with van der Waals surface area (Å²) in [5.41, 5.74) is 3.24. The van der Waals surface area contributed by atoms with E-state index in [0.29, 0.717) is 28.2 Å². The molecular weight excluding hydrogens is 514 g/mol. The van der Waals surface area contributed by atoms with Gasteiger partial charge in [-0.15, -0.1) is 21.5 Å². The highest BCUT2D eigenvalue weighted by atomic mass is 32.2. The van der Waals surface area contributed by atoms with Gasteiger partial charge < -0.3 is 14.6 Å². The van der Waals surface area contributed by atoms with E-state index < -0.39 is 0 Å². The number of hydrogen-bond acceptors (Lipinski definition) is 7. The molecule has 1 aromatic carbocycles. The van der Waals surface area contributed by atoms with E-state index in [1.54, 1.807) is 11.3 Å². The van der Waals surface area contributed by atoms with E-state index in [2.05, 4.69) is 61.4 Å². The average molecular weight is 552 g/mol. The van der Waals surface area contributed by atoms with Crippen LogP contribution in [0.1, 0.15) is 81.5 Å². The number of fused-ring (bicyclic) bond motifs is 1. The van der Waals surface area contributed by atoms with E-state index in [-0.39, 0.29) is 23.2 Å². The van der Waals surface area contributed by atoms with Crippen molar-refractivity contribution < 1.29 is 9.53 Å². The Morgan fingerprint density at radius 3 is 2.66 bits per heavy atom. The van der Waals surface area contributed by atoms with Crippen molar-refractivity contribution in [3.8, 4) is 11.8 Å². The minimum absolute atomic E-state index is 0.148. The van der Waals surface area contributed by atoms with Crippen LogP contribution in [-0.2, 0) is 30.6 Å². The number of carbonyl (C=O) groups excluding carboxylic acids is 1. The molecule has 2 aromatic heterocycles. The molecule has 0 spiro atoms. The second-order valence-electron chi connectivity index (χ2n) is 10.8. The number of thioether (sulfide) groups is 1. The van der Waals surface area contributed by atoms with Gasteiger partial charge in [-0.1, -0.05) is 51.6 Å². The maximum Gasteiger partial charge on any atom is 0.235 e. The topological polar surface area (TPSA) is 92.8 Å². The summed E-state index contributed by atoms with van der Waals surface area (Å²) in [5, 5.41) is 22.9. The van der Waals surface area contributed by atoms with Gasteiger partial charge in [-0.3, -0.25) is 4.79 Å². The fraction of sp³-hybridized carbons (Fsp3) is 0.517. The van der Waals surface area contributed by atoms with Crippen molar-refractivity contribution in [2.45, 2.75) is 85.0 Å². The average Bonchev–Trinajstić information content (AvgIpc) is 3.47. The number of anilines is 1. The third-order valence-corrected chi connectivity index (χ3v) is 9.39. The van der Waals surface area contributed by atoms with Crippen molar-refractivity contribution in [3.63, 3.8) is 0 Å². The monoisotopic (exact) mass is 551 g/mol. The van der Waals surface area contributed by atoms with Crippen LogP contribution in [0.4, 0.5) is 5.00 Å². The fourth-order valence-electron chi connectivity index (χ4n) is 4.89. The molecule has 0 saturated heterocycles. The number of amides is 1. The van der Waals surface area contributed by atoms with E-state index in [4.69, 9.17) is 4.74 Å². The SMILES string of the molecule is CCc1ccc(O[C@H](C)c2nnc(SCC(=O)Nc3sc4c(c3C#N)CC[C@@H](C(C)(C)C)C4)n2CC)cc1. The van der Waals surface area contributed by atoms with Gasteiger partial charge in [0.05, 0.1) is 11.3 Å². The molecule has 0 unspecified atom stereocenters. The molecule has 1 aliphatic rings. The molecule has 2 atom stereocenters. The molecular formula is C29H37N5O2S2. The summed E-state index contributed by atoms with van der Waals surface area (Å²) in [4.78, 5) is 14.1. The third kappa shape index (κ3) is 6.24. The molecule has 4 rings (SSSR count). The van der Waals surface area contributed by atoms with E-state index in [1.807, 2.05) is 30.5 Å². The number of hydrogen-bond donors (Lipinski definition) is 1. The number of benzene rings is 1. The minimum atomic E-state index is -0.286. The van der Waals surface area contributed by atoms with Crippen LogP contribution >= 0.6 is 23.1 Å². The van der Waals surface area contributed by atoms with Crippen molar-refractivity contribution in [2.24, 2.45) is 11.3 Å². The molecule has 7 nitrogen and oxygen atoms in total. The molecule has 38 heavy (non-hydrogen) atoms. The van der Waals surface area contributed by atoms with Crippen molar-refractivity contribution in [1.29, 1.82) is 5.26 Å². The standard InChI is InChI=1S/C29H37N5O2S2/c1-7-19-9-12-21(13-10-19)36-18(3)26-32-33-28(34(26)8-2)37-17-25(35)31-27-23(16-30)22-14-11-20(29(4,5)6)15-24(22)38-27/h9-10,12-13,18,20H,7-8,11,14-15,17H2,1-6H3,(H,31,35)/t18-,20-/m1/s1. The van der Waals surface area contributed by atoms with Crippen molar-refractivity contribution in [3.05, 3.63) is 51.7 Å². The molecule has 1 amide bonds. The van der Waals surface area contributed by atoms with Gasteiger partial charge in [0.15, 0.2) is 17.1 Å². The fourth-order valence-corrected chi connectivity index (χ4v) is 6.99. The summed E-state index contributed by atoms with van der Waals surface area (Å²) in [7, 11) is 0. The normalized spacial score (nSPS) is 16.0. The zero-order valence-electron chi connectivity index (χ0n) is 23.1. The predicted molar refractivity (Wildman–Crippen MR) is 154 cm³/mol. The Hall–Kier alpha value is -2.83. The number of aromatic nitrogens is 3. The Kier molecular flexibility index (Phi) is 8.84. The molecule has 2 heterocycles. The largest absolute Gasteiger partial charge is 0.483 e. The van der Waals surface area contributed by atoms with Gasteiger partial charge >= 0.3 is 0 Å². The van der Waals surface area contributed by atoms with Gasteiger partial charge in [-0.05, 0) is 74.1 Å². The highest BCUT2D eigenvalue weighted by molar-refractivity contribution is 7.99. The maximum absolute atomic E-state index is 12.9. The van der Waals surface area contributed by atoms with Crippen molar-refractivity contribution in [1.82, 2.24) is 14.8 Å². The Labute approximate surface area is 234 Å². The van der Waals surface area contributed by atoms with Crippen LogP contribution in [0.15, 0.2) is 29.4 Å². The van der Waals surface area contributed by atoms with Gasteiger partial charge in [0.25, 0.3) is 0 Å². The maximum atomic E-state index is 12.9. The number of aryl methyl sites for hydroxylation is 1. The first-order valence-electron chi connectivity index (χ1n) is 13.3. The zero-order valence-corrected chi connectivity index (χ0v) is 24.8. The molecule has 0 saturated carbocycles. The smallest absolute Gasteiger partial charge is 0.235 e. The second kappa shape index (κ2) is 11.9. The van der Waals surface area contributed by atoms with Crippen molar-refractivity contribution >= 4 is 34.0 Å². The first-order valence-corrected chi connectivity index (χ1v) is 15.1. The summed E-state index contributed by atoms with van der Waals surface area (Å²) in [6, 6.07) is 10.4.